The highest BCUT2D eigenvalue weighted by Gasteiger charge is 2.40. The Hall–Kier alpha value is -3.85. The van der Waals surface area contributed by atoms with E-state index in [2.05, 4.69) is 58.1 Å². The molecule has 1 atom stereocenters. The summed E-state index contributed by atoms with van der Waals surface area (Å²) in [6, 6.07) is 8.05. The zero-order valence-corrected chi connectivity index (χ0v) is 30.9. The van der Waals surface area contributed by atoms with E-state index >= 15 is 0 Å². The van der Waals surface area contributed by atoms with Gasteiger partial charge in [-0.15, -0.1) is 0 Å². The fourth-order valence-corrected chi connectivity index (χ4v) is 5.42. The van der Waals surface area contributed by atoms with E-state index in [-0.39, 0.29) is 28.9 Å². The van der Waals surface area contributed by atoms with Crippen LogP contribution >= 0.6 is 0 Å². The predicted molar refractivity (Wildman–Crippen MR) is 194 cm³/mol. The predicted octanol–water partition coefficient (Wildman–Crippen LogP) is 4.00. The first kappa shape index (κ1) is 38.4. The van der Waals surface area contributed by atoms with Crippen LogP contribution in [0.1, 0.15) is 60.3 Å². The van der Waals surface area contributed by atoms with Crippen molar-refractivity contribution in [2.45, 2.75) is 71.9 Å². The quantitative estimate of drug-likeness (QED) is 0.164. The van der Waals surface area contributed by atoms with Gasteiger partial charge in [0.05, 0.1) is 70.5 Å². The van der Waals surface area contributed by atoms with Gasteiger partial charge in [-0.05, 0) is 50.3 Å². The number of nitrogens with zero attached hydrogens (tertiary/aromatic N) is 5. The molecule has 14 nitrogen and oxygen atoms in total. The second-order valence-electron chi connectivity index (χ2n) is 14.6. The van der Waals surface area contributed by atoms with Gasteiger partial charge in [-0.25, -0.2) is 9.97 Å². The maximum absolute atomic E-state index is 12.8. The lowest BCUT2D eigenvalue weighted by Crippen LogP contribution is -2.49. The number of hydrogen-bond acceptors (Lipinski definition) is 11. The van der Waals surface area contributed by atoms with E-state index in [1.807, 2.05) is 36.1 Å². The van der Waals surface area contributed by atoms with E-state index in [4.69, 9.17) is 23.7 Å². The topological polar surface area (TPSA) is 153 Å². The number of carbonyl (C=O) groups excluding carboxylic acids is 2. The Morgan fingerprint density at radius 3 is 2.14 bits per heavy atom. The molecule has 3 heterocycles. The molecule has 2 aliphatic rings. The Morgan fingerprint density at radius 1 is 0.882 bits per heavy atom. The van der Waals surface area contributed by atoms with Crippen LogP contribution in [0.2, 0.25) is 0 Å². The molecule has 0 bridgehead atoms. The van der Waals surface area contributed by atoms with Gasteiger partial charge in [0, 0.05) is 50.1 Å². The summed E-state index contributed by atoms with van der Waals surface area (Å²) in [5.74, 6) is 1.72. The average molecular weight is 710 g/mol. The zero-order chi connectivity index (χ0) is 36.3. The van der Waals surface area contributed by atoms with Crippen molar-refractivity contribution >= 4 is 28.5 Å². The molecule has 2 aromatic heterocycles. The number of aromatic amines is 1. The summed E-state index contributed by atoms with van der Waals surface area (Å²) in [5.41, 5.74) is 2.38. The maximum atomic E-state index is 12.8. The molecule has 51 heavy (non-hydrogen) atoms. The molecule has 2 N–H and O–H groups in total. The largest absolute Gasteiger partial charge is 0.488 e. The Labute approximate surface area is 300 Å². The SMILES string of the molecule is CC(NC(=O)CCOCCOCCOCCOCCC(=O)N1CCN(c2cc(-c3n[nH]c4ccc(OC5(C)CC5)cc34)ncn2)CC1)C(C)(C)C. The highest BCUT2D eigenvalue weighted by Crippen LogP contribution is 2.40. The molecule has 1 saturated heterocycles. The van der Waals surface area contributed by atoms with Crippen molar-refractivity contribution in [3.63, 3.8) is 0 Å². The van der Waals surface area contributed by atoms with Crippen molar-refractivity contribution in [3.8, 4) is 17.1 Å². The highest BCUT2D eigenvalue weighted by molar-refractivity contribution is 5.93. The van der Waals surface area contributed by atoms with E-state index in [9.17, 15) is 9.59 Å². The number of hydrogen-bond donors (Lipinski definition) is 2. The number of anilines is 1. The number of amides is 2. The first-order valence-corrected chi connectivity index (χ1v) is 18.1. The van der Waals surface area contributed by atoms with Gasteiger partial charge < -0.3 is 38.8 Å². The van der Waals surface area contributed by atoms with Crippen LogP contribution in [0.3, 0.4) is 0 Å². The van der Waals surface area contributed by atoms with E-state index in [1.165, 1.54) is 0 Å². The molecular formula is C37H55N7O7. The smallest absolute Gasteiger partial charge is 0.225 e. The molecule has 0 spiro atoms. The molecule has 280 valence electrons. The Kier molecular flexibility index (Phi) is 13.6. The van der Waals surface area contributed by atoms with Crippen LogP contribution in [0.25, 0.3) is 22.3 Å². The monoisotopic (exact) mass is 709 g/mol. The fourth-order valence-electron chi connectivity index (χ4n) is 5.42. The summed E-state index contributed by atoms with van der Waals surface area (Å²) in [4.78, 5) is 37.9. The summed E-state index contributed by atoms with van der Waals surface area (Å²) < 4.78 is 28.3. The van der Waals surface area contributed by atoms with Crippen molar-refractivity contribution in [1.29, 1.82) is 0 Å². The number of fused-ring (bicyclic) bond motifs is 1. The van der Waals surface area contributed by atoms with Crippen LogP contribution in [-0.4, -0.2) is 128 Å². The summed E-state index contributed by atoms with van der Waals surface area (Å²) in [6.07, 6.45) is 4.37. The van der Waals surface area contributed by atoms with Crippen molar-refractivity contribution in [2.75, 3.05) is 83.9 Å². The normalized spacial score (nSPS) is 16.3. The van der Waals surface area contributed by atoms with E-state index in [1.54, 1.807) is 6.33 Å². The van der Waals surface area contributed by atoms with Gasteiger partial charge in [0.2, 0.25) is 11.8 Å². The third-order valence-corrected chi connectivity index (χ3v) is 9.43. The van der Waals surface area contributed by atoms with Crippen LogP contribution in [0, 0.1) is 5.41 Å². The minimum atomic E-state index is -0.0611. The minimum Gasteiger partial charge on any atom is -0.488 e. The molecule has 0 radical (unpaired) electrons. The third kappa shape index (κ3) is 11.8. The standard InChI is InChI=1S/C37H55N7O7/c1-27(36(2,3)4)40-33(45)8-16-47-18-20-49-22-23-50-21-19-48-17-9-34(46)44-14-12-43(13-15-44)32-25-31(38-26-39-32)35-29-24-28(51-37(5)10-11-37)6-7-30(29)41-42-35/h6-7,24-27H,8-23H2,1-5H3,(H,40,45)(H,41,42). The lowest BCUT2D eigenvalue weighted by molar-refractivity contribution is -0.132. The van der Waals surface area contributed by atoms with Gasteiger partial charge in [0.1, 0.15) is 29.2 Å². The van der Waals surface area contributed by atoms with Crippen LogP contribution in [-0.2, 0) is 28.5 Å². The second kappa shape index (κ2) is 18.1. The Morgan fingerprint density at radius 2 is 1.51 bits per heavy atom. The van der Waals surface area contributed by atoms with Gasteiger partial charge in [-0.2, -0.15) is 5.10 Å². The van der Waals surface area contributed by atoms with E-state index < -0.39 is 0 Å². The van der Waals surface area contributed by atoms with Crippen LogP contribution in [0.4, 0.5) is 5.82 Å². The molecular weight excluding hydrogens is 654 g/mol. The van der Waals surface area contributed by atoms with Gasteiger partial charge >= 0.3 is 0 Å². The molecule has 3 aromatic rings. The van der Waals surface area contributed by atoms with Gasteiger partial charge in [0.25, 0.3) is 0 Å². The Bertz CT molecular complexity index is 1560. The lowest BCUT2D eigenvalue weighted by atomic mass is 9.88. The number of ether oxygens (including phenoxy) is 5. The van der Waals surface area contributed by atoms with E-state index in [0.29, 0.717) is 91.9 Å². The Balaban J connectivity index is 0.895. The zero-order valence-electron chi connectivity index (χ0n) is 30.9. The number of benzene rings is 1. The number of H-pyrrole nitrogens is 1. The first-order valence-electron chi connectivity index (χ1n) is 18.1. The van der Waals surface area contributed by atoms with Crippen molar-refractivity contribution in [3.05, 3.63) is 30.6 Å². The molecule has 5 rings (SSSR count). The van der Waals surface area contributed by atoms with Gasteiger partial charge in [-0.1, -0.05) is 20.8 Å². The van der Waals surface area contributed by atoms with Gasteiger partial charge in [-0.3, -0.25) is 14.7 Å². The van der Waals surface area contributed by atoms with Crippen LogP contribution in [0.5, 0.6) is 5.75 Å². The van der Waals surface area contributed by atoms with Crippen molar-refractivity contribution in [2.24, 2.45) is 5.41 Å². The van der Waals surface area contributed by atoms with Gasteiger partial charge in [0.15, 0.2) is 0 Å². The maximum Gasteiger partial charge on any atom is 0.225 e. The third-order valence-electron chi connectivity index (χ3n) is 9.43. The van der Waals surface area contributed by atoms with Crippen molar-refractivity contribution in [1.82, 2.24) is 30.4 Å². The fraction of sp³-hybridized carbons (Fsp3) is 0.649. The summed E-state index contributed by atoms with van der Waals surface area (Å²) in [6.45, 7) is 16.3. The molecule has 1 aliphatic carbocycles. The molecule has 2 amide bonds. The molecule has 1 aliphatic heterocycles. The molecule has 1 saturated carbocycles. The van der Waals surface area contributed by atoms with Crippen LogP contribution < -0.4 is 15.0 Å². The lowest BCUT2D eigenvalue weighted by Gasteiger charge is -2.35. The molecule has 2 fully saturated rings. The molecule has 1 unspecified atom stereocenters. The first-order chi connectivity index (χ1) is 24.5. The van der Waals surface area contributed by atoms with E-state index in [0.717, 1.165) is 46.7 Å². The number of nitrogens with one attached hydrogen (secondary N) is 2. The average Bonchev–Trinajstić information content (AvgIpc) is 3.68. The molecule has 1 aromatic carbocycles. The minimum absolute atomic E-state index is 0.00513. The van der Waals surface area contributed by atoms with Crippen LogP contribution in [0.15, 0.2) is 30.6 Å². The summed E-state index contributed by atoms with van der Waals surface area (Å²) in [5, 5.41) is 11.6. The number of carbonyl (C=O) groups is 2. The summed E-state index contributed by atoms with van der Waals surface area (Å²) in [7, 11) is 0. The number of rotatable bonds is 20. The second-order valence-corrected chi connectivity index (χ2v) is 14.6. The number of aromatic nitrogens is 4. The molecule has 14 heteroatoms. The van der Waals surface area contributed by atoms with Crippen molar-refractivity contribution < 1.29 is 33.3 Å². The number of piperazine rings is 1. The highest BCUT2D eigenvalue weighted by atomic mass is 16.6. The summed E-state index contributed by atoms with van der Waals surface area (Å²) >= 11 is 0.